The zero-order valence-electron chi connectivity index (χ0n) is 12.5. The molecule has 6 heteroatoms. The van der Waals surface area contributed by atoms with Gasteiger partial charge in [0.05, 0.1) is 5.25 Å². The minimum atomic E-state index is -3.16. The lowest BCUT2D eigenvalue weighted by Crippen LogP contribution is -2.46. The molecule has 2 heterocycles. The third-order valence-corrected chi connectivity index (χ3v) is 6.65. The van der Waals surface area contributed by atoms with Crippen LogP contribution in [0.4, 0.5) is 0 Å². The first-order chi connectivity index (χ1) is 9.64. The number of nitrogens with one attached hydrogen (secondary N) is 1. The first kappa shape index (κ1) is 16.2. The summed E-state index contributed by atoms with van der Waals surface area (Å²) >= 11 is 0. The van der Waals surface area contributed by atoms with Gasteiger partial charge in [-0.05, 0) is 51.1 Å². The van der Waals surface area contributed by atoms with E-state index in [1.165, 1.54) is 0 Å². The Labute approximate surface area is 123 Å². The quantitative estimate of drug-likeness (QED) is 0.801. The van der Waals surface area contributed by atoms with Crippen LogP contribution in [-0.2, 0) is 14.8 Å². The zero-order valence-corrected chi connectivity index (χ0v) is 13.3. The Morgan fingerprint density at radius 1 is 1.25 bits per heavy atom. The molecule has 2 aliphatic rings. The molecule has 1 atom stereocenters. The number of nitrogens with zero attached hydrogens (tertiary/aromatic N) is 1. The van der Waals surface area contributed by atoms with Gasteiger partial charge in [0.25, 0.3) is 0 Å². The van der Waals surface area contributed by atoms with E-state index in [1.807, 2.05) is 6.92 Å². The maximum absolute atomic E-state index is 12.8. The number of ether oxygens (including phenoxy) is 1. The maximum Gasteiger partial charge on any atom is 0.217 e. The van der Waals surface area contributed by atoms with E-state index in [2.05, 4.69) is 5.32 Å². The highest BCUT2D eigenvalue weighted by atomic mass is 32.2. The van der Waals surface area contributed by atoms with Crippen molar-refractivity contribution in [1.82, 2.24) is 9.62 Å². The van der Waals surface area contributed by atoms with E-state index < -0.39 is 10.0 Å². The molecule has 1 unspecified atom stereocenters. The van der Waals surface area contributed by atoms with Crippen molar-refractivity contribution in [3.8, 4) is 0 Å². The molecule has 0 spiro atoms. The summed E-state index contributed by atoms with van der Waals surface area (Å²) in [6, 6.07) is 0. The zero-order chi connectivity index (χ0) is 14.4. The largest absolute Gasteiger partial charge is 0.381 e. The smallest absolute Gasteiger partial charge is 0.217 e. The summed E-state index contributed by atoms with van der Waals surface area (Å²) in [6.07, 6.45) is 4.46. The lowest BCUT2D eigenvalue weighted by Gasteiger charge is -2.33. The van der Waals surface area contributed by atoms with Crippen LogP contribution in [0.25, 0.3) is 0 Å². The average molecular weight is 304 g/mol. The van der Waals surface area contributed by atoms with Crippen LogP contribution in [0.3, 0.4) is 0 Å². The van der Waals surface area contributed by atoms with Gasteiger partial charge in [-0.1, -0.05) is 6.92 Å². The molecule has 1 N–H and O–H groups in total. The molecule has 0 radical (unpaired) electrons. The van der Waals surface area contributed by atoms with Crippen molar-refractivity contribution >= 4 is 10.0 Å². The van der Waals surface area contributed by atoms with Crippen LogP contribution in [-0.4, -0.2) is 57.4 Å². The van der Waals surface area contributed by atoms with Gasteiger partial charge in [-0.15, -0.1) is 0 Å². The molecule has 0 aliphatic carbocycles. The second-order valence-electron chi connectivity index (χ2n) is 5.93. The van der Waals surface area contributed by atoms with E-state index in [4.69, 9.17) is 4.74 Å². The predicted octanol–water partition coefficient (Wildman–Crippen LogP) is 1.21. The summed E-state index contributed by atoms with van der Waals surface area (Å²) in [6.45, 7) is 6.55. The molecule has 0 saturated carbocycles. The fraction of sp³-hybridized carbons (Fsp3) is 1.00. The van der Waals surface area contributed by atoms with Gasteiger partial charge in [0.1, 0.15) is 0 Å². The number of piperidine rings is 1. The Hall–Kier alpha value is -0.170. The normalized spacial score (nSPS) is 26.0. The van der Waals surface area contributed by atoms with Crippen LogP contribution in [0.15, 0.2) is 0 Å². The lowest BCUT2D eigenvalue weighted by atomic mass is 10.00. The maximum atomic E-state index is 12.8. The van der Waals surface area contributed by atoms with Gasteiger partial charge in [-0.3, -0.25) is 0 Å². The minimum Gasteiger partial charge on any atom is -0.381 e. The van der Waals surface area contributed by atoms with Crippen molar-refractivity contribution in [2.45, 2.75) is 44.3 Å². The highest BCUT2D eigenvalue weighted by molar-refractivity contribution is 7.89. The number of sulfonamides is 1. The van der Waals surface area contributed by atoms with Crippen molar-refractivity contribution in [2.75, 3.05) is 39.4 Å². The Bertz CT molecular complexity index is 374. The minimum absolute atomic E-state index is 0.237. The molecule has 0 aromatic carbocycles. The highest BCUT2D eigenvalue weighted by Crippen LogP contribution is 2.22. The standard InChI is InChI=1S/C14H28N2O3S/c1-2-8-16(12-13-4-3-7-15-11-13)20(17,18)14-5-9-19-10-6-14/h13-15H,2-12H2,1H3. The molecule has 5 nitrogen and oxygen atoms in total. The fourth-order valence-electron chi connectivity index (χ4n) is 3.12. The van der Waals surface area contributed by atoms with Crippen molar-refractivity contribution in [3.05, 3.63) is 0 Å². The van der Waals surface area contributed by atoms with Gasteiger partial charge >= 0.3 is 0 Å². The SMILES string of the molecule is CCCN(CC1CCCNC1)S(=O)(=O)C1CCOCC1. The molecular weight excluding hydrogens is 276 g/mol. The molecular formula is C14H28N2O3S. The Balaban J connectivity index is 2.01. The monoisotopic (exact) mass is 304 g/mol. The van der Waals surface area contributed by atoms with Gasteiger partial charge in [-0.25, -0.2) is 12.7 Å². The lowest BCUT2D eigenvalue weighted by molar-refractivity contribution is 0.0969. The van der Waals surface area contributed by atoms with Crippen LogP contribution in [0.2, 0.25) is 0 Å². The van der Waals surface area contributed by atoms with E-state index in [1.54, 1.807) is 4.31 Å². The van der Waals surface area contributed by atoms with Gasteiger partial charge in [0, 0.05) is 26.3 Å². The Morgan fingerprint density at radius 3 is 2.60 bits per heavy atom. The fourth-order valence-corrected chi connectivity index (χ4v) is 5.19. The van der Waals surface area contributed by atoms with E-state index in [-0.39, 0.29) is 5.25 Å². The van der Waals surface area contributed by atoms with Gasteiger partial charge in [-0.2, -0.15) is 0 Å². The molecule has 2 aliphatic heterocycles. The van der Waals surface area contributed by atoms with Gasteiger partial charge in [0.15, 0.2) is 0 Å². The summed E-state index contributed by atoms with van der Waals surface area (Å²) in [5.74, 6) is 0.463. The predicted molar refractivity (Wildman–Crippen MR) is 80.2 cm³/mol. The van der Waals surface area contributed by atoms with Crippen LogP contribution < -0.4 is 5.32 Å². The third kappa shape index (κ3) is 4.16. The van der Waals surface area contributed by atoms with Gasteiger partial charge in [0.2, 0.25) is 10.0 Å². The molecule has 118 valence electrons. The summed E-state index contributed by atoms with van der Waals surface area (Å²) in [7, 11) is -3.16. The summed E-state index contributed by atoms with van der Waals surface area (Å²) < 4.78 is 32.6. The van der Waals surface area contributed by atoms with Crippen LogP contribution in [0.5, 0.6) is 0 Å². The molecule has 2 saturated heterocycles. The highest BCUT2D eigenvalue weighted by Gasteiger charge is 2.34. The van der Waals surface area contributed by atoms with E-state index >= 15 is 0 Å². The topological polar surface area (TPSA) is 58.6 Å². The number of rotatable bonds is 6. The third-order valence-electron chi connectivity index (χ3n) is 4.28. The number of hydrogen-bond acceptors (Lipinski definition) is 4. The van der Waals surface area contributed by atoms with Crippen molar-refractivity contribution < 1.29 is 13.2 Å². The number of hydrogen-bond donors (Lipinski definition) is 1. The van der Waals surface area contributed by atoms with Crippen molar-refractivity contribution in [1.29, 1.82) is 0 Å². The van der Waals surface area contributed by atoms with E-state index in [0.717, 1.165) is 32.4 Å². The summed E-state index contributed by atoms with van der Waals surface area (Å²) in [5.41, 5.74) is 0. The summed E-state index contributed by atoms with van der Waals surface area (Å²) in [5, 5.41) is 3.14. The van der Waals surface area contributed by atoms with Crippen molar-refractivity contribution in [3.63, 3.8) is 0 Å². The molecule has 0 aromatic heterocycles. The molecule has 0 bridgehead atoms. The molecule has 0 amide bonds. The van der Waals surface area contributed by atoms with Crippen LogP contribution in [0.1, 0.15) is 39.0 Å². The first-order valence-corrected chi connectivity index (χ1v) is 9.42. The van der Waals surface area contributed by atoms with Crippen LogP contribution >= 0.6 is 0 Å². The molecule has 20 heavy (non-hydrogen) atoms. The second-order valence-corrected chi connectivity index (χ2v) is 8.14. The average Bonchev–Trinajstić information content (AvgIpc) is 2.49. The van der Waals surface area contributed by atoms with Gasteiger partial charge < -0.3 is 10.1 Å². The Kier molecular flexibility index (Phi) is 6.26. The second kappa shape index (κ2) is 7.73. The van der Waals surface area contributed by atoms with E-state index in [9.17, 15) is 8.42 Å². The molecule has 2 fully saturated rings. The summed E-state index contributed by atoms with van der Waals surface area (Å²) in [4.78, 5) is 0. The molecule has 2 rings (SSSR count). The van der Waals surface area contributed by atoms with Crippen LogP contribution in [0, 0.1) is 5.92 Å². The Morgan fingerprint density at radius 2 is 2.00 bits per heavy atom. The molecule has 0 aromatic rings. The van der Waals surface area contributed by atoms with Crippen molar-refractivity contribution in [2.24, 2.45) is 5.92 Å². The first-order valence-electron chi connectivity index (χ1n) is 7.92. The van der Waals surface area contributed by atoms with E-state index in [0.29, 0.717) is 45.1 Å².